The molecule has 1 saturated heterocycles. The van der Waals surface area contributed by atoms with Gasteiger partial charge in [0.25, 0.3) is 5.69 Å². The Labute approximate surface area is 230 Å². The molecule has 1 aliphatic carbocycles. The molecule has 0 bridgehead atoms. The zero-order chi connectivity index (χ0) is 27.2. The Balaban J connectivity index is 1.02. The van der Waals surface area contributed by atoms with Crippen LogP contribution in [-0.4, -0.2) is 47.6 Å². The van der Waals surface area contributed by atoms with Gasteiger partial charge in [-0.05, 0) is 80.2 Å². The Hall–Kier alpha value is -3.71. The van der Waals surface area contributed by atoms with Crippen molar-refractivity contribution in [1.29, 1.82) is 0 Å². The average Bonchev–Trinajstić information content (AvgIpc) is 2.97. The van der Waals surface area contributed by atoms with Crippen LogP contribution in [0.5, 0.6) is 0 Å². The highest BCUT2D eigenvalue weighted by Crippen LogP contribution is 2.31. The van der Waals surface area contributed by atoms with Crippen LogP contribution in [0.15, 0.2) is 72.8 Å². The fourth-order valence-corrected chi connectivity index (χ4v) is 5.88. The monoisotopic (exact) mass is 527 g/mol. The van der Waals surface area contributed by atoms with Crippen LogP contribution in [0, 0.1) is 17.0 Å². The minimum absolute atomic E-state index is 0.0921. The third-order valence-corrected chi connectivity index (χ3v) is 8.22. The van der Waals surface area contributed by atoms with Gasteiger partial charge in [-0.3, -0.25) is 14.9 Å². The molecule has 0 spiro atoms. The van der Waals surface area contributed by atoms with Gasteiger partial charge in [-0.25, -0.2) is 0 Å². The van der Waals surface area contributed by atoms with Gasteiger partial charge in [-0.1, -0.05) is 54.6 Å². The summed E-state index contributed by atoms with van der Waals surface area (Å²) in [5.41, 5.74) is 5.53. The van der Waals surface area contributed by atoms with E-state index < -0.39 is 0 Å². The molecule has 7 heteroatoms. The first kappa shape index (κ1) is 26.9. The van der Waals surface area contributed by atoms with E-state index in [4.69, 9.17) is 4.74 Å². The number of ether oxygens (including phenoxy) is 1. The third-order valence-electron chi connectivity index (χ3n) is 8.22. The molecule has 0 radical (unpaired) electrons. The molecule has 0 atom stereocenters. The Morgan fingerprint density at radius 1 is 0.923 bits per heavy atom. The summed E-state index contributed by atoms with van der Waals surface area (Å²) in [5.74, 6) is 0.580. The highest BCUT2D eigenvalue weighted by Gasteiger charge is 2.26. The van der Waals surface area contributed by atoms with Crippen LogP contribution in [0.1, 0.15) is 55.6 Å². The van der Waals surface area contributed by atoms with Crippen LogP contribution < -0.4 is 5.32 Å². The molecule has 1 aliphatic heterocycles. The Kier molecular flexibility index (Phi) is 8.57. The smallest absolute Gasteiger partial charge is 0.272 e. The van der Waals surface area contributed by atoms with Crippen molar-refractivity contribution in [1.82, 2.24) is 4.90 Å². The summed E-state index contributed by atoms with van der Waals surface area (Å²) < 4.78 is 6.03. The normalized spacial score (nSPS) is 20.0. The lowest BCUT2D eigenvalue weighted by Crippen LogP contribution is -2.41. The number of hydrogen-bond donors (Lipinski definition) is 1. The van der Waals surface area contributed by atoms with Crippen LogP contribution in [0.3, 0.4) is 0 Å². The summed E-state index contributed by atoms with van der Waals surface area (Å²) in [6, 6.07) is 24.8. The van der Waals surface area contributed by atoms with Gasteiger partial charge in [0.15, 0.2) is 0 Å². The molecule has 2 fully saturated rings. The van der Waals surface area contributed by atoms with Crippen molar-refractivity contribution in [2.75, 3.05) is 25.0 Å². The van der Waals surface area contributed by atoms with E-state index in [1.807, 2.05) is 17.0 Å². The van der Waals surface area contributed by atoms with Crippen molar-refractivity contribution < 1.29 is 14.5 Å². The molecule has 3 aromatic carbocycles. The molecule has 39 heavy (non-hydrogen) atoms. The molecule has 1 saturated carbocycles. The standard InChI is InChI=1S/C32H37N3O4/c1-23-21-29(13-16-31(23)35(37)38)33-28-11-14-30(15-12-28)39-22-32(36)34-19-17-27(18-20-34)26-9-7-25(8-10-26)24-5-3-2-4-6-24/h2-10,13,16,21,27-28,30,33H,11-12,14-15,17-20,22H2,1H3. The van der Waals surface area contributed by atoms with Crippen molar-refractivity contribution in [2.24, 2.45) is 0 Å². The number of carbonyl (C=O) groups is 1. The number of nitro groups is 1. The first-order valence-electron chi connectivity index (χ1n) is 14.0. The highest BCUT2D eigenvalue weighted by atomic mass is 16.6. The number of nitrogens with zero attached hydrogens (tertiary/aromatic N) is 2. The summed E-state index contributed by atoms with van der Waals surface area (Å²) in [7, 11) is 0. The van der Waals surface area contributed by atoms with E-state index in [9.17, 15) is 14.9 Å². The number of likely N-dealkylation sites (tertiary alicyclic amines) is 1. The summed E-state index contributed by atoms with van der Waals surface area (Å²) in [6.45, 7) is 3.47. The lowest BCUT2D eigenvalue weighted by Gasteiger charge is -2.33. The maximum atomic E-state index is 12.8. The molecule has 0 unspecified atom stereocenters. The molecule has 0 aromatic heterocycles. The number of nitrogens with one attached hydrogen (secondary N) is 1. The maximum Gasteiger partial charge on any atom is 0.272 e. The van der Waals surface area contributed by atoms with Crippen molar-refractivity contribution >= 4 is 17.3 Å². The predicted octanol–water partition coefficient (Wildman–Crippen LogP) is 6.72. The molecule has 1 amide bonds. The average molecular weight is 528 g/mol. The molecule has 3 aromatic rings. The van der Waals surface area contributed by atoms with Gasteiger partial charge < -0.3 is 15.0 Å². The Bertz CT molecular complexity index is 1260. The number of aryl methyl sites for hydroxylation is 1. The number of benzene rings is 3. The van der Waals surface area contributed by atoms with Crippen LogP contribution in [0.2, 0.25) is 0 Å². The van der Waals surface area contributed by atoms with Crippen molar-refractivity contribution in [2.45, 2.75) is 63.5 Å². The quantitative estimate of drug-likeness (QED) is 0.260. The van der Waals surface area contributed by atoms with E-state index in [0.717, 1.165) is 57.3 Å². The van der Waals surface area contributed by atoms with Crippen molar-refractivity contribution in [3.05, 3.63) is 94.0 Å². The zero-order valence-corrected chi connectivity index (χ0v) is 22.6. The summed E-state index contributed by atoms with van der Waals surface area (Å²) in [6.07, 6.45) is 5.76. The molecule has 2 aliphatic rings. The minimum atomic E-state index is -0.351. The van der Waals surface area contributed by atoms with E-state index in [-0.39, 0.29) is 29.2 Å². The van der Waals surface area contributed by atoms with Crippen LogP contribution in [0.4, 0.5) is 11.4 Å². The largest absolute Gasteiger partial charge is 0.382 e. The number of anilines is 1. The van der Waals surface area contributed by atoms with Gasteiger partial charge in [-0.2, -0.15) is 0 Å². The second kappa shape index (κ2) is 12.4. The minimum Gasteiger partial charge on any atom is -0.382 e. The van der Waals surface area contributed by atoms with E-state index in [2.05, 4.69) is 53.8 Å². The van der Waals surface area contributed by atoms with Gasteiger partial charge in [-0.15, -0.1) is 0 Å². The summed E-state index contributed by atoms with van der Waals surface area (Å²) in [5, 5.41) is 14.5. The number of amides is 1. The van der Waals surface area contributed by atoms with Gasteiger partial charge >= 0.3 is 0 Å². The second-order valence-corrected chi connectivity index (χ2v) is 10.8. The molecule has 5 rings (SSSR count). The van der Waals surface area contributed by atoms with Gasteiger partial charge in [0.2, 0.25) is 5.91 Å². The molecular weight excluding hydrogens is 490 g/mol. The Morgan fingerprint density at radius 3 is 2.23 bits per heavy atom. The van der Waals surface area contributed by atoms with Crippen LogP contribution in [0.25, 0.3) is 11.1 Å². The van der Waals surface area contributed by atoms with E-state index in [0.29, 0.717) is 17.5 Å². The number of piperidine rings is 1. The fraction of sp³-hybridized carbons (Fsp3) is 0.406. The zero-order valence-electron chi connectivity index (χ0n) is 22.6. The van der Waals surface area contributed by atoms with E-state index in [1.165, 1.54) is 16.7 Å². The molecule has 1 heterocycles. The molecule has 204 valence electrons. The topological polar surface area (TPSA) is 84.7 Å². The Morgan fingerprint density at radius 2 is 1.59 bits per heavy atom. The number of carbonyl (C=O) groups excluding carboxylic acids is 1. The van der Waals surface area contributed by atoms with Gasteiger partial charge in [0.05, 0.1) is 11.0 Å². The number of nitro benzene ring substituents is 1. The second-order valence-electron chi connectivity index (χ2n) is 10.8. The fourth-order valence-electron chi connectivity index (χ4n) is 5.88. The third kappa shape index (κ3) is 6.84. The first-order valence-corrected chi connectivity index (χ1v) is 14.0. The first-order chi connectivity index (χ1) is 19.0. The SMILES string of the molecule is Cc1cc(NC2CCC(OCC(=O)N3CCC(c4ccc(-c5ccccc5)cc4)CC3)CC2)ccc1[N+](=O)[O-]. The summed E-state index contributed by atoms with van der Waals surface area (Å²) in [4.78, 5) is 25.5. The number of hydrogen-bond acceptors (Lipinski definition) is 5. The molecule has 7 nitrogen and oxygen atoms in total. The number of rotatable bonds is 8. The lowest BCUT2D eigenvalue weighted by molar-refractivity contribution is -0.385. The predicted molar refractivity (Wildman–Crippen MR) is 154 cm³/mol. The molecular formula is C32H37N3O4. The van der Waals surface area contributed by atoms with Gasteiger partial charge in [0.1, 0.15) is 6.61 Å². The molecule has 1 N–H and O–H groups in total. The van der Waals surface area contributed by atoms with Crippen LogP contribution >= 0.6 is 0 Å². The van der Waals surface area contributed by atoms with Crippen molar-refractivity contribution in [3.63, 3.8) is 0 Å². The van der Waals surface area contributed by atoms with Crippen LogP contribution in [-0.2, 0) is 9.53 Å². The maximum absolute atomic E-state index is 12.8. The van der Waals surface area contributed by atoms with E-state index in [1.54, 1.807) is 19.1 Å². The summed E-state index contributed by atoms with van der Waals surface area (Å²) >= 11 is 0. The van der Waals surface area contributed by atoms with Gasteiger partial charge in [0, 0.05) is 36.4 Å². The highest BCUT2D eigenvalue weighted by molar-refractivity contribution is 5.77. The lowest BCUT2D eigenvalue weighted by atomic mass is 9.88. The van der Waals surface area contributed by atoms with Crippen molar-refractivity contribution in [3.8, 4) is 11.1 Å². The van der Waals surface area contributed by atoms with E-state index >= 15 is 0 Å².